The fraction of sp³-hybridized carbons (Fsp3) is 0.588. The SMILES string of the molecule is Cc1cc(C)c(C(C)(CC(=O)O)N2CCCC2)c(C)c1. The molecule has 1 N–H and O–H groups in total. The van der Waals surface area contributed by atoms with Crippen molar-refractivity contribution in [2.75, 3.05) is 13.1 Å². The van der Waals surface area contributed by atoms with E-state index in [0.29, 0.717) is 0 Å². The van der Waals surface area contributed by atoms with Crippen LogP contribution in [0.2, 0.25) is 0 Å². The van der Waals surface area contributed by atoms with E-state index < -0.39 is 11.5 Å². The molecule has 0 aliphatic carbocycles. The largest absolute Gasteiger partial charge is 0.481 e. The van der Waals surface area contributed by atoms with Gasteiger partial charge in [-0.2, -0.15) is 0 Å². The molecule has 1 fully saturated rings. The van der Waals surface area contributed by atoms with Gasteiger partial charge in [0.1, 0.15) is 0 Å². The number of likely N-dealkylation sites (tertiary alicyclic amines) is 1. The third kappa shape index (κ3) is 2.73. The zero-order valence-electron chi connectivity index (χ0n) is 13.0. The molecule has 0 radical (unpaired) electrons. The second-order valence-corrected chi connectivity index (χ2v) is 6.31. The number of benzene rings is 1. The van der Waals surface area contributed by atoms with E-state index >= 15 is 0 Å². The zero-order valence-corrected chi connectivity index (χ0v) is 13.0. The minimum atomic E-state index is -0.723. The maximum absolute atomic E-state index is 11.4. The maximum Gasteiger partial charge on any atom is 0.305 e. The van der Waals surface area contributed by atoms with Crippen molar-refractivity contribution in [2.45, 2.75) is 52.5 Å². The van der Waals surface area contributed by atoms with E-state index in [1.165, 1.54) is 35.1 Å². The van der Waals surface area contributed by atoms with Crippen LogP contribution in [0.3, 0.4) is 0 Å². The van der Waals surface area contributed by atoms with Gasteiger partial charge in [0, 0.05) is 0 Å². The Morgan fingerprint density at radius 3 is 2.15 bits per heavy atom. The molecule has 0 bridgehead atoms. The number of carbonyl (C=O) groups is 1. The van der Waals surface area contributed by atoms with Crippen LogP contribution >= 0.6 is 0 Å². The Hall–Kier alpha value is -1.35. The molecule has 0 aromatic heterocycles. The van der Waals surface area contributed by atoms with Crippen LogP contribution in [0.1, 0.15) is 48.4 Å². The minimum absolute atomic E-state index is 0.164. The Labute approximate surface area is 121 Å². The number of carboxylic acid groups (broad SMARTS) is 1. The molecule has 2 rings (SSSR count). The van der Waals surface area contributed by atoms with Gasteiger partial charge in [-0.05, 0) is 70.3 Å². The summed E-state index contributed by atoms with van der Waals surface area (Å²) in [6.07, 6.45) is 2.50. The van der Waals surface area contributed by atoms with Crippen molar-refractivity contribution in [3.05, 3.63) is 34.4 Å². The molecule has 1 heterocycles. The minimum Gasteiger partial charge on any atom is -0.481 e. The second-order valence-electron chi connectivity index (χ2n) is 6.31. The lowest BCUT2D eigenvalue weighted by Gasteiger charge is -2.40. The van der Waals surface area contributed by atoms with E-state index in [1.807, 2.05) is 0 Å². The van der Waals surface area contributed by atoms with Gasteiger partial charge in [0.05, 0.1) is 12.0 Å². The maximum atomic E-state index is 11.4. The highest BCUT2D eigenvalue weighted by Crippen LogP contribution is 2.38. The molecule has 1 aliphatic heterocycles. The lowest BCUT2D eigenvalue weighted by Crippen LogP contribution is -2.44. The average Bonchev–Trinajstić information content (AvgIpc) is 2.79. The predicted molar refractivity (Wildman–Crippen MR) is 81.1 cm³/mol. The van der Waals surface area contributed by atoms with Crippen LogP contribution < -0.4 is 0 Å². The molecule has 1 atom stereocenters. The summed E-state index contributed by atoms with van der Waals surface area (Å²) < 4.78 is 0. The number of rotatable bonds is 4. The number of carboxylic acids is 1. The van der Waals surface area contributed by atoms with Gasteiger partial charge in [-0.25, -0.2) is 0 Å². The van der Waals surface area contributed by atoms with Gasteiger partial charge in [-0.1, -0.05) is 17.7 Å². The van der Waals surface area contributed by atoms with Crippen LogP contribution in [-0.2, 0) is 10.3 Å². The molecule has 3 heteroatoms. The van der Waals surface area contributed by atoms with Crippen LogP contribution in [0, 0.1) is 20.8 Å². The molecule has 1 unspecified atom stereocenters. The first-order valence-electron chi connectivity index (χ1n) is 7.40. The monoisotopic (exact) mass is 275 g/mol. The number of aliphatic carboxylic acids is 1. The first-order valence-corrected chi connectivity index (χ1v) is 7.40. The molecule has 1 aliphatic rings. The molecule has 0 spiro atoms. The van der Waals surface area contributed by atoms with Crippen LogP contribution in [0.15, 0.2) is 12.1 Å². The van der Waals surface area contributed by atoms with E-state index in [9.17, 15) is 9.90 Å². The summed E-state index contributed by atoms with van der Waals surface area (Å²) in [7, 11) is 0. The Balaban J connectivity index is 2.53. The van der Waals surface area contributed by atoms with E-state index in [4.69, 9.17) is 0 Å². The van der Waals surface area contributed by atoms with Crippen LogP contribution in [-0.4, -0.2) is 29.1 Å². The van der Waals surface area contributed by atoms with Crippen molar-refractivity contribution < 1.29 is 9.90 Å². The molecule has 1 saturated heterocycles. The van der Waals surface area contributed by atoms with E-state index in [0.717, 1.165) is 13.1 Å². The molecular weight excluding hydrogens is 250 g/mol. The summed E-state index contributed by atoms with van der Waals surface area (Å²) in [4.78, 5) is 13.8. The molecular formula is C17H25NO2. The highest BCUT2D eigenvalue weighted by molar-refractivity contribution is 5.69. The first-order chi connectivity index (χ1) is 9.34. The Kier molecular flexibility index (Phi) is 4.19. The first kappa shape index (κ1) is 15.0. The fourth-order valence-corrected chi connectivity index (χ4v) is 3.89. The van der Waals surface area contributed by atoms with E-state index in [2.05, 4.69) is 44.7 Å². The number of nitrogens with zero attached hydrogens (tertiary/aromatic N) is 1. The summed E-state index contributed by atoms with van der Waals surface area (Å²) >= 11 is 0. The Morgan fingerprint density at radius 2 is 1.70 bits per heavy atom. The third-order valence-corrected chi connectivity index (χ3v) is 4.52. The van der Waals surface area contributed by atoms with E-state index in [-0.39, 0.29) is 6.42 Å². The Bertz CT molecular complexity index is 495. The van der Waals surface area contributed by atoms with E-state index in [1.54, 1.807) is 0 Å². The van der Waals surface area contributed by atoms with Crippen LogP contribution in [0.4, 0.5) is 0 Å². The van der Waals surface area contributed by atoms with Crippen LogP contribution in [0.5, 0.6) is 0 Å². The topological polar surface area (TPSA) is 40.5 Å². The van der Waals surface area contributed by atoms with Gasteiger partial charge < -0.3 is 5.11 Å². The van der Waals surface area contributed by atoms with Crippen molar-refractivity contribution in [3.8, 4) is 0 Å². The molecule has 1 aromatic rings. The van der Waals surface area contributed by atoms with Crippen LogP contribution in [0.25, 0.3) is 0 Å². The zero-order chi connectivity index (χ0) is 14.9. The lowest BCUT2D eigenvalue weighted by atomic mass is 9.80. The van der Waals surface area contributed by atoms with Gasteiger partial charge >= 0.3 is 5.97 Å². The summed E-state index contributed by atoms with van der Waals surface area (Å²) in [5, 5.41) is 9.38. The summed E-state index contributed by atoms with van der Waals surface area (Å²) in [5.41, 5.74) is 4.45. The number of hydrogen-bond acceptors (Lipinski definition) is 2. The summed E-state index contributed by atoms with van der Waals surface area (Å²) in [6, 6.07) is 4.33. The normalized spacial score (nSPS) is 19.0. The van der Waals surface area contributed by atoms with Crippen molar-refractivity contribution in [3.63, 3.8) is 0 Å². The molecule has 3 nitrogen and oxygen atoms in total. The smallest absolute Gasteiger partial charge is 0.305 e. The summed E-state index contributed by atoms with van der Waals surface area (Å²) in [5.74, 6) is -0.723. The Morgan fingerprint density at radius 1 is 1.20 bits per heavy atom. The number of aryl methyl sites for hydroxylation is 3. The van der Waals surface area contributed by atoms with Gasteiger partial charge in [-0.3, -0.25) is 9.69 Å². The van der Waals surface area contributed by atoms with Gasteiger partial charge in [0.2, 0.25) is 0 Å². The third-order valence-electron chi connectivity index (χ3n) is 4.52. The average molecular weight is 275 g/mol. The molecule has 0 amide bonds. The van der Waals surface area contributed by atoms with Gasteiger partial charge in [0.15, 0.2) is 0 Å². The highest BCUT2D eigenvalue weighted by atomic mass is 16.4. The standard InChI is InChI=1S/C17H25NO2/c1-12-9-13(2)16(14(3)10-12)17(4,11-15(19)20)18-7-5-6-8-18/h9-10H,5-8,11H2,1-4H3,(H,19,20). The van der Waals surface area contributed by atoms with Gasteiger partial charge in [-0.15, -0.1) is 0 Å². The molecule has 20 heavy (non-hydrogen) atoms. The predicted octanol–water partition coefficient (Wildman–Crippen LogP) is 3.40. The van der Waals surface area contributed by atoms with Crippen molar-refractivity contribution in [1.29, 1.82) is 0 Å². The molecule has 0 saturated carbocycles. The van der Waals surface area contributed by atoms with Gasteiger partial charge in [0.25, 0.3) is 0 Å². The molecule has 1 aromatic carbocycles. The van der Waals surface area contributed by atoms with Crippen molar-refractivity contribution in [1.82, 2.24) is 4.90 Å². The molecule has 110 valence electrons. The fourth-order valence-electron chi connectivity index (χ4n) is 3.89. The second kappa shape index (κ2) is 5.57. The lowest BCUT2D eigenvalue weighted by molar-refractivity contribution is -0.140. The highest BCUT2D eigenvalue weighted by Gasteiger charge is 2.39. The van der Waals surface area contributed by atoms with Crippen molar-refractivity contribution in [2.24, 2.45) is 0 Å². The summed E-state index contributed by atoms with van der Waals surface area (Å²) in [6.45, 7) is 10.4. The number of hydrogen-bond donors (Lipinski definition) is 1. The van der Waals surface area contributed by atoms with Crippen molar-refractivity contribution >= 4 is 5.97 Å². The quantitative estimate of drug-likeness (QED) is 0.915.